The van der Waals surface area contributed by atoms with E-state index in [9.17, 15) is 4.79 Å². The number of anilines is 1. The van der Waals surface area contributed by atoms with Crippen LogP contribution < -0.4 is 5.32 Å². The summed E-state index contributed by atoms with van der Waals surface area (Å²) in [6.07, 6.45) is 3.26. The van der Waals surface area contributed by atoms with E-state index in [2.05, 4.69) is 15.3 Å². The van der Waals surface area contributed by atoms with Crippen molar-refractivity contribution in [2.45, 2.75) is 6.54 Å². The zero-order valence-corrected chi connectivity index (χ0v) is 11.4. The molecule has 0 atom stereocenters. The standard InChI is InChI=1S/C14H18N4O/c1-17(2)9-11-6-4-5-7-13(11)16-14(19)12-8-15-18(3)10-12/h4-8,10H,9H2,1-3H3,(H,16,19). The van der Waals surface area contributed by atoms with Crippen LogP contribution in [-0.4, -0.2) is 34.7 Å². The van der Waals surface area contributed by atoms with Crippen molar-refractivity contribution in [1.29, 1.82) is 0 Å². The summed E-state index contributed by atoms with van der Waals surface area (Å²) >= 11 is 0. The molecule has 0 fully saturated rings. The summed E-state index contributed by atoms with van der Waals surface area (Å²) in [7, 11) is 5.79. The SMILES string of the molecule is CN(C)Cc1ccccc1NC(=O)c1cnn(C)c1. The van der Waals surface area contributed by atoms with Gasteiger partial charge < -0.3 is 10.2 Å². The number of nitrogens with zero attached hydrogens (tertiary/aromatic N) is 3. The second kappa shape index (κ2) is 5.67. The summed E-state index contributed by atoms with van der Waals surface area (Å²) in [5.41, 5.74) is 2.48. The average molecular weight is 258 g/mol. The van der Waals surface area contributed by atoms with E-state index < -0.39 is 0 Å². The molecule has 0 saturated carbocycles. The van der Waals surface area contributed by atoms with Crippen molar-refractivity contribution < 1.29 is 4.79 Å². The fourth-order valence-electron chi connectivity index (χ4n) is 1.85. The molecule has 1 heterocycles. The Bertz CT molecular complexity index is 574. The van der Waals surface area contributed by atoms with Gasteiger partial charge in [0.15, 0.2) is 0 Å². The van der Waals surface area contributed by atoms with Gasteiger partial charge in [-0.05, 0) is 25.7 Å². The van der Waals surface area contributed by atoms with Crippen molar-refractivity contribution in [3.63, 3.8) is 0 Å². The Kier molecular flexibility index (Phi) is 3.97. The molecule has 1 N–H and O–H groups in total. The van der Waals surface area contributed by atoms with Gasteiger partial charge in [-0.3, -0.25) is 9.48 Å². The summed E-state index contributed by atoms with van der Waals surface area (Å²) < 4.78 is 1.61. The molecule has 0 saturated heterocycles. The first kappa shape index (κ1) is 13.3. The van der Waals surface area contributed by atoms with Crippen molar-refractivity contribution in [3.05, 3.63) is 47.8 Å². The fourth-order valence-corrected chi connectivity index (χ4v) is 1.85. The van der Waals surface area contributed by atoms with E-state index in [1.54, 1.807) is 24.1 Å². The maximum Gasteiger partial charge on any atom is 0.258 e. The molecule has 2 rings (SSSR count). The minimum Gasteiger partial charge on any atom is -0.322 e. The molecule has 0 aliphatic heterocycles. The predicted molar refractivity (Wildman–Crippen MR) is 75.0 cm³/mol. The van der Waals surface area contributed by atoms with Gasteiger partial charge in [0.25, 0.3) is 5.91 Å². The number of hydrogen-bond acceptors (Lipinski definition) is 3. The van der Waals surface area contributed by atoms with Gasteiger partial charge in [0.05, 0.1) is 11.8 Å². The highest BCUT2D eigenvalue weighted by Gasteiger charge is 2.10. The van der Waals surface area contributed by atoms with E-state index >= 15 is 0 Å². The van der Waals surface area contributed by atoms with Gasteiger partial charge in [-0.15, -0.1) is 0 Å². The van der Waals surface area contributed by atoms with Crippen LogP contribution in [0.25, 0.3) is 0 Å². The smallest absolute Gasteiger partial charge is 0.258 e. The summed E-state index contributed by atoms with van der Waals surface area (Å²) in [5, 5.41) is 6.92. The lowest BCUT2D eigenvalue weighted by Gasteiger charge is -2.14. The van der Waals surface area contributed by atoms with Crippen LogP contribution in [0, 0.1) is 0 Å². The van der Waals surface area contributed by atoms with E-state index in [1.807, 2.05) is 38.4 Å². The highest BCUT2D eigenvalue weighted by Crippen LogP contribution is 2.17. The Morgan fingerprint density at radius 1 is 1.37 bits per heavy atom. The average Bonchev–Trinajstić information content (AvgIpc) is 2.78. The molecule has 19 heavy (non-hydrogen) atoms. The molecule has 2 aromatic rings. The van der Waals surface area contributed by atoms with E-state index in [1.165, 1.54) is 0 Å². The molecule has 0 radical (unpaired) electrons. The number of carbonyl (C=O) groups is 1. The lowest BCUT2D eigenvalue weighted by molar-refractivity contribution is 0.102. The van der Waals surface area contributed by atoms with Crippen LogP contribution >= 0.6 is 0 Å². The van der Waals surface area contributed by atoms with Crippen LogP contribution in [0.3, 0.4) is 0 Å². The molecule has 5 nitrogen and oxygen atoms in total. The third kappa shape index (κ3) is 3.42. The van der Waals surface area contributed by atoms with Gasteiger partial charge in [-0.1, -0.05) is 18.2 Å². The Morgan fingerprint density at radius 2 is 2.11 bits per heavy atom. The minimum atomic E-state index is -0.140. The first-order valence-corrected chi connectivity index (χ1v) is 6.09. The molecule has 1 aromatic heterocycles. The molecule has 1 aromatic carbocycles. The summed E-state index contributed by atoms with van der Waals surface area (Å²) in [6, 6.07) is 7.81. The molecule has 0 aliphatic carbocycles. The second-order valence-electron chi connectivity index (χ2n) is 4.75. The number of aromatic nitrogens is 2. The Labute approximate surface area is 112 Å². The van der Waals surface area contributed by atoms with Crippen LogP contribution in [0.1, 0.15) is 15.9 Å². The summed E-state index contributed by atoms with van der Waals surface area (Å²) in [4.78, 5) is 14.2. The zero-order valence-electron chi connectivity index (χ0n) is 11.4. The van der Waals surface area contributed by atoms with E-state index in [0.29, 0.717) is 5.56 Å². The number of aryl methyl sites for hydroxylation is 1. The van der Waals surface area contributed by atoms with Crippen molar-refractivity contribution >= 4 is 11.6 Å². The van der Waals surface area contributed by atoms with Crippen LogP contribution in [0.4, 0.5) is 5.69 Å². The first-order chi connectivity index (χ1) is 9.06. The van der Waals surface area contributed by atoms with E-state index in [4.69, 9.17) is 0 Å². The molecule has 0 spiro atoms. The maximum absolute atomic E-state index is 12.1. The van der Waals surface area contributed by atoms with Crippen LogP contribution in [0.15, 0.2) is 36.7 Å². The van der Waals surface area contributed by atoms with Gasteiger partial charge in [-0.2, -0.15) is 5.10 Å². The number of rotatable bonds is 4. The van der Waals surface area contributed by atoms with Gasteiger partial charge >= 0.3 is 0 Å². The maximum atomic E-state index is 12.1. The molecule has 1 amide bonds. The van der Waals surface area contributed by atoms with Crippen LogP contribution in [0.2, 0.25) is 0 Å². The predicted octanol–water partition coefficient (Wildman–Crippen LogP) is 1.73. The van der Waals surface area contributed by atoms with Gasteiger partial charge in [0, 0.05) is 25.5 Å². The lowest BCUT2D eigenvalue weighted by atomic mass is 10.1. The third-order valence-corrected chi connectivity index (χ3v) is 2.72. The van der Waals surface area contributed by atoms with Gasteiger partial charge in [-0.25, -0.2) is 0 Å². The molecular formula is C14H18N4O. The third-order valence-electron chi connectivity index (χ3n) is 2.72. The minimum absolute atomic E-state index is 0.140. The second-order valence-corrected chi connectivity index (χ2v) is 4.75. The highest BCUT2D eigenvalue weighted by atomic mass is 16.1. The van der Waals surface area contributed by atoms with Gasteiger partial charge in [0.1, 0.15) is 0 Å². The molecule has 100 valence electrons. The Hall–Kier alpha value is -2.14. The van der Waals surface area contributed by atoms with Crippen LogP contribution in [0.5, 0.6) is 0 Å². The van der Waals surface area contributed by atoms with Crippen molar-refractivity contribution in [2.24, 2.45) is 7.05 Å². The van der Waals surface area contributed by atoms with Crippen molar-refractivity contribution in [1.82, 2.24) is 14.7 Å². The van der Waals surface area contributed by atoms with E-state index in [0.717, 1.165) is 17.8 Å². The number of benzene rings is 1. The fraction of sp³-hybridized carbons (Fsp3) is 0.286. The quantitative estimate of drug-likeness (QED) is 0.908. The topological polar surface area (TPSA) is 50.2 Å². The monoisotopic (exact) mass is 258 g/mol. The molecule has 0 aliphatic rings. The number of nitrogens with one attached hydrogen (secondary N) is 1. The number of amides is 1. The Morgan fingerprint density at radius 3 is 2.74 bits per heavy atom. The number of para-hydroxylation sites is 1. The molecule has 0 unspecified atom stereocenters. The highest BCUT2D eigenvalue weighted by molar-refractivity contribution is 6.04. The number of carbonyl (C=O) groups excluding carboxylic acids is 1. The summed E-state index contributed by atoms with van der Waals surface area (Å²) in [5.74, 6) is -0.140. The zero-order chi connectivity index (χ0) is 13.8. The lowest BCUT2D eigenvalue weighted by Crippen LogP contribution is -2.16. The largest absolute Gasteiger partial charge is 0.322 e. The number of hydrogen-bond donors (Lipinski definition) is 1. The normalized spacial score (nSPS) is 10.7. The summed E-state index contributed by atoms with van der Waals surface area (Å²) in [6.45, 7) is 0.781. The van der Waals surface area contributed by atoms with Crippen molar-refractivity contribution in [3.8, 4) is 0 Å². The first-order valence-electron chi connectivity index (χ1n) is 6.09. The molecule has 0 bridgehead atoms. The molecule has 5 heteroatoms. The van der Waals surface area contributed by atoms with Crippen molar-refractivity contribution in [2.75, 3.05) is 19.4 Å². The Balaban J connectivity index is 2.16. The van der Waals surface area contributed by atoms with Gasteiger partial charge in [0.2, 0.25) is 0 Å². The van der Waals surface area contributed by atoms with E-state index in [-0.39, 0.29) is 5.91 Å². The molecular weight excluding hydrogens is 240 g/mol. The van der Waals surface area contributed by atoms with Crippen LogP contribution in [-0.2, 0) is 13.6 Å².